The second-order valence-electron chi connectivity index (χ2n) is 9.83. The van der Waals surface area contributed by atoms with E-state index in [1.807, 2.05) is 48.7 Å². The van der Waals surface area contributed by atoms with Crippen molar-refractivity contribution in [3.05, 3.63) is 107 Å². The SMILES string of the molecule is C=C/C=C\C(=C)c1csc(NN=C2CCN(C(=O)C(C)(C)Oc3ccc(C=O)cc3)CC2)n1.Cc1ccc(Cl)cc1. The zero-order chi connectivity index (χ0) is 29.8. The number of ether oxygens (including phenoxy) is 1. The number of aromatic nitrogens is 1. The molecule has 1 aliphatic rings. The molecule has 0 bridgehead atoms. The Morgan fingerprint density at radius 2 is 1.80 bits per heavy atom. The minimum atomic E-state index is -1.02. The molecule has 0 atom stereocenters. The zero-order valence-corrected chi connectivity index (χ0v) is 25.2. The number of thiazole rings is 1. The number of benzene rings is 2. The van der Waals surface area contributed by atoms with E-state index < -0.39 is 5.60 Å². The Hall–Kier alpha value is -4.01. The molecule has 0 aliphatic carbocycles. The highest BCUT2D eigenvalue weighted by Gasteiger charge is 2.35. The molecule has 214 valence electrons. The third-order valence-electron chi connectivity index (χ3n) is 6.12. The Balaban J connectivity index is 0.000000496. The van der Waals surface area contributed by atoms with E-state index in [-0.39, 0.29) is 5.91 Å². The number of nitrogens with zero attached hydrogens (tertiary/aromatic N) is 3. The molecule has 1 N–H and O–H groups in total. The number of nitrogens with one attached hydrogen (secondary N) is 1. The normalized spacial score (nSPS) is 13.2. The van der Waals surface area contributed by atoms with Crippen LogP contribution in [0, 0.1) is 6.92 Å². The fourth-order valence-corrected chi connectivity index (χ4v) is 4.62. The monoisotopic (exact) mass is 590 g/mol. The number of hydrogen-bond acceptors (Lipinski definition) is 7. The number of carbonyl (C=O) groups excluding carboxylic acids is 2. The first-order chi connectivity index (χ1) is 19.6. The number of hydrazone groups is 1. The summed E-state index contributed by atoms with van der Waals surface area (Å²) in [7, 11) is 0. The lowest BCUT2D eigenvalue weighted by atomic mass is 10.0. The molecule has 1 fully saturated rings. The number of amides is 1. The summed E-state index contributed by atoms with van der Waals surface area (Å²) in [6.07, 6.45) is 7.49. The molecule has 1 amide bonds. The maximum absolute atomic E-state index is 13.0. The van der Waals surface area contributed by atoms with Crippen molar-refractivity contribution in [3.8, 4) is 5.75 Å². The number of likely N-dealkylation sites (tertiary alicyclic amines) is 1. The predicted molar refractivity (Wildman–Crippen MR) is 170 cm³/mol. The lowest BCUT2D eigenvalue weighted by Gasteiger charge is -2.34. The summed E-state index contributed by atoms with van der Waals surface area (Å²) in [6, 6.07) is 14.5. The average molecular weight is 591 g/mol. The van der Waals surface area contributed by atoms with Gasteiger partial charge in [-0.2, -0.15) is 5.10 Å². The van der Waals surface area contributed by atoms with Gasteiger partial charge in [0.05, 0.1) is 5.69 Å². The quantitative estimate of drug-likeness (QED) is 0.157. The van der Waals surface area contributed by atoms with Crippen molar-refractivity contribution in [2.75, 3.05) is 18.5 Å². The van der Waals surface area contributed by atoms with Crippen molar-refractivity contribution in [1.82, 2.24) is 9.88 Å². The number of anilines is 1. The maximum atomic E-state index is 13.0. The van der Waals surface area contributed by atoms with Gasteiger partial charge >= 0.3 is 0 Å². The van der Waals surface area contributed by atoms with Crippen molar-refractivity contribution < 1.29 is 14.3 Å². The summed E-state index contributed by atoms with van der Waals surface area (Å²) < 4.78 is 5.92. The first-order valence-electron chi connectivity index (χ1n) is 13.1. The van der Waals surface area contributed by atoms with Crippen LogP contribution in [0.2, 0.25) is 5.02 Å². The number of aryl methyl sites for hydroxylation is 1. The van der Waals surface area contributed by atoms with Crippen LogP contribution < -0.4 is 10.2 Å². The predicted octanol–water partition coefficient (Wildman–Crippen LogP) is 7.61. The minimum Gasteiger partial charge on any atom is -0.478 e. The van der Waals surface area contributed by atoms with Gasteiger partial charge in [-0.15, -0.1) is 11.3 Å². The molecule has 2 aromatic carbocycles. The van der Waals surface area contributed by atoms with E-state index in [1.165, 1.54) is 16.9 Å². The topological polar surface area (TPSA) is 83.9 Å². The molecule has 1 saturated heterocycles. The molecule has 0 saturated carbocycles. The molecule has 0 unspecified atom stereocenters. The van der Waals surface area contributed by atoms with Gasteiger partial charge < -0.3 is 9.64 Å². The molecular formula is C32H35ClN4O3S. The highest BCUT2D eigenvalue weighted by Crippen LogP contribution is 2.24. The molecule has 9 heteroatoms. The van der Waals surface area contributed by atoms with Crippen LogP contribution in [0.5, 0.6) is 5.75 Å². The van der Waals surface area contributed by atoms with Gasteiger partial charge in [0.2, 0.25) is 5.13 Å². The third kappa shape index (κ3) is 9.84. The molecule has 41 heavy (non-hydrogen) atoms. The van der Waals surface area contributed by atoms with Gasteiger partial charge in [0.25, 0.3) is 5.91 Å². The minimum absolute atomic E-state index is 0.0790. The van der Waals surface area contributed by atoms with Gasteiger partial charge in [0.15, 0.2) is 5.60 Å². The first-order valence-corrected chi connectivity index (χ1v) is 14.4. The van der Waals surface area contributed by atoms with Crippen LogP contribution in [0.25, 0.3) is 5.57 Å². The number of halogens is 1. The van der Waals surface area contributed by atoms with Gasteiger partial charge in [-0.3, -0.25) is 15.0 Å². The van der Waals surface area contributed by atoms with E-state index in [1.54, 1.807) is 49.1 Å². The third-order valence-corrected chi connectivity index (χ3v) is 7.12. The van der Waals surface area contributed by atoms with Crippen LogP contribution in [-0.4, -0.2) is 46.5 Å². The van der Waals surface area contributed by atoms with Gasteiger partial charge in [-0.25, -0.2) is 4.98 Å². The summed E-state index contributed by atoms with van der Waals surface area (Å²) in [5, 5.41) is 7.90. The van der Waals surface area contributed by atoms with Crippen LogP contribution in [0.15, 0.2) is 90.4 Å². The molecule has 7 nitrogen and oxygen atoms in total. The van der Waals surface area contributed by atoms with E-state index >= 15 is 0 Å². The highest BCUT2D eigenvalue weighted by molar-refractivity contribution is 7.13. The summed E-state index contributed by atoms with van der Waals surface area (Å²) in [6.45, 7) is 14.3. The molecule has 0 spiro atoms. The number of allylic oxidation sites excluding steroid dienone is 4. The second-order valence-corrected chi connectivity index (χ2v) is 11.1. The molecule has 1 aromatic heterocycles. The van der Waals surface area contributed by atoms with Crippen LogP contribution in [0.1, 0.15) is 48.3 Å². The van der Waals surface area contributed by atoms with E-state index in [0.717, 1.165) is 28.3 Å². The van der Waals surface area contributed by atoms with Crippen LogP contribution in [0.3, 0.4) is 0 Å². The fraction of sp³-hybridized carbons (Fsp3) is 0.250. The maximum Gasteiger partial charge on any atom is 0.266 e. The van der Waals surface area contributed by atoms with Crippen LogP contribution in [0.4, 0.5) is 5.13 Å². The van der Waals surface area contributed by atoms with E-state index in [0.29, 0.717) is 42.4 Å². The number of aldehydes is 1. The van der Waals surface area contributed by atoms with Crippen LogP contribution >= 0.6 is 22.9 Å². The molecule has 1 aliphatic heterocycles. The molecule has 3 aromatic rings. The van der Waals surface area contributed by atoms with Crippen molar-refractivity contribution >= 4 is 51.5 Å². The van der Waals surface area contributed by atoms with Crippen molar-refractivity contribution in [1.29, 1.82) is 0 Å². The number of piperidine rings is 1. The second kappa shape index (κ2) is 15.1. The van der Waals surface area contributed by atoms with Crippen LogP contribution in [-0.2, 0) is 4.79 Å². The molecule has 2 heterocycles. The van der Waals surface area contributed by atoms with Crippen molar-refractivity contribution in [2.45, 2.75) is 39.2 Å². The number of carbonyl (C=O) groups is 2. The first kappa shape index (κ1) is 31.5. The summed E-state index contributed by atoms with van der Waals surface area (Å²) in [5.74, 6) is 0.470. The number of hydrogen-bond donors (Lipinski definition) is 1. The lowest BCUT2D eigenvalue weighted by Crippen LogP contribution is -2.51. The number of rotatable bonds is 9. The average Bonchev–Trinajstić information content (AvgIpc) is 3.46. The molecular weight excluding hydrogens is 556 g/mol. The Morgan fingerprint density at radius 1 is 1.15 bits per heavy atom. The van der Waals surface area contributed by atoms with E-state index in [2.05, 4.69) is 28.7 Å². The van der Waals surface area contributed by atoms with Gasteiger partial charge in [-0.1, -0.05) is 60.7 Å². The Kier molecular flexibility index (Phi) is 11.6. The highest BCUT2D eigenvalue weighted by atomic mass is 35.5. The van der Waals surface area contributed by atoms with Gasteiger partial charge in [0, 0.05) is 47.6 Å². The Morgan fingerprint density at radius 3 is 2.39 bits per heavy atom. The fourth-order valence-electron chi connectivity index (χ4n) is 3.82. The smallest absolute Gasteiger partial charge is 0.266 e. The lowest BCUT2D eigenvalue weighted by molar-refractivity contribution is -0.145. The summed E-state index contributed by atoms with van der Waals surface area (Å²) in [5.41, 5.74) is 6.40. The molecule has 4 rings (SSSR count). The Labute approximate surface area is 250 Å². The van der Waals surface area contributed by atoms with Crippen molar-refractivity contribution in [3.63, 3.8) is 0 Å². The van der Waals surface area contributed by atoms with Gasteiger partial charge in [0.1, 0.15) is 12.0 Å². The molecule has 0 radical (unpaired) electrons. The van der Waals surface area contributed by atoms with Gasteiger partial charge in [-0.05, 0) is 62.7 Å². The summed E-state index contributed by atoms with van der Waals surface area (Å²) >= 11 is 7.07. The van der Waals surface area contributed by atoms with E-state index in [4.69, 9.17) is 16.3 Å². The van der Waals surface area contributed by atoms with E-state index in [9.17, 15) is 9.59 Å². The zero-order valence-electron chi connectivity index (χ0n) is 23.6. The van der Waals surface area contributed by atoms with Crippen molar-refractivity contribution in [2.24, 2.45) is 5.10 Å². The Bertz CT molecular complexity index is 1380. The summed E-state index contributed by atoms with van der Waals surface area (Å²) in [4.78, 5) is 30.1. The standard InChI is InChI=1S/C25H28N4O3S.C7H7Cl/c1-5-6-7-18(2)22-17-33-24(26-22)28-27-20-12-14-29(15-13-20)23(31)25(3,4)32-21-10-8-19(16-30)9-11-21;1-6-2-4-7(8)5-3-6/h5-11,16-17H,1-2,12-15H2,3-4H3,(H,26,28);2-5H,1H3/b7-6-;. The largest absolute Gasteiger partial charge is 0.478 e.